The lowest BCUT2D eigenvalue weighted by Crippen LogP contribution is -2.37. The molecular weight excluding hydrogens is 304 g/mol. The summed E-state index contributed by atoms with van der Waals surface area (Å²) in [5.41, 5.74) is 2.62. The molecule has 0 unspecified atom stereocenters. The fraction of sp³-hybridized carbons (Fsp3) is 0.467. The highest BCUT2D eigenvalue weighted by atomic mass is 32.2. The van der Waals surface area contributed by atoms with Gasteiger partial charge in [0.15, 0.2) is 0 Å². The number of benzene rings is 1. The van der Waals surface area contributed by atoms with Gasteiger partial charge in [-0.05, 0) is 43.5 Å². The van der Waals surface area contributed by atoms with Crippen LogP contribution in [0.2, 0.25) is 0 Å². The van der Waals surface area contributed by atoms with Gasteiger partial charge in [-0.25, -0.2) is 8.42 Å². The van der Waals surface area contributed by atoms with Gasteiger partial charge in [0.05, 0.1) is 12.3 Å². The number of aryl methyl sites for hydroxylation is 2. The van der Waals surface area contributed by atoms with Gasteiger partial charge in [0, 0.05) is 18.4 Å². The molecule has 0 spiro atoms. The lowest BCUT2D eigenvalue weighted by atomic mass is 10.1. The van der Waals surface area contributed by atoms with Crippen LogP contribution in [-0.4, -0.2) is 45.3 Å². The summed E-state index contributed by atoms with van der Waals surface area (Å²) in [7, 11) is -3.01. The summed E-state index contributed by atoms with van der Waals surface area (Å²) < 4.78 is 21.9. The quantitative estimate of drug-likeness (QED) is 0.717. The van der Waals surface area contributed by atoms with E-state index >= 15 is 0 Å². The molecule has 0 atom stereocenters. The summed E-state index contributed by atoms with van der Waals surface area (Å²) >= 11 is 0. The van der Waals surface area contributed by atoms with Crippen molar-refractivity contribution in [2.24, 2.45) is 0 Å². The van der Waals surface area contributed by atoms with E-state index in [9.17, 15) is 18.0 Å². The van der Waals surface area contributed by atoms with Crippen LogP contribution in [0, 0.1) is 13.8 Å². The van der Waals surface area contributed by atoms with Crippen molar-refractivity contribution in [3.63, 3.8) is 0 Å². The van der Waals surface area contributed by atoms with Crippen LogP contribution in [0.25, 0.3) is 0 Å². The Balaban J connectivity index is 2.34. The Labute approximate surface area is 131 Å². The van der Waals surface area contributed by atoms with Gasteiger partial charge in [-0.3, -0.25) is 9.59 Å². The Morgan fingerprint density at radius 3 is 2.36 bits per heavy atom. The largest absolute Gasteiger partial charge is 0.355 e. The molecule has 0 aliphatic carbocycles. The monoisotopic (exact) mass is 326 g/mol. The third-order valence-corrected chi connectivity index (χ3v) is 4.22. The first-order chi connectivity index (χ1) is 10.2. The van der Waals surface area contributed by atoms with Gasteiger partial charge >= 0.3 is 0 Å². The number of rotatable bonds is 7. The van der Waals surface area contributed by atoms with Gasteiger partial charge in [-0.1, -0.05) is 6.07 Å². The summed E-state index contributed by atoms with van der Waals surface area (Å²) in [6, 6.07) is 5.34. The van der Waals surface area contributed by atoms with E-state index in [-0.39, 0.29) is 30.7 Å². The zero-order chi connectivity index (χ0) is 16.8. The van der Waals surface area contributed by atoms with Crippen molar-refractivity contribution in [1.29, 1.82) is 0 Å². The average molecular weight is 326 g/mol. The maximum absolute atomic E-state index is 11.9. The number of carbonyl (C=O) groups excluding carboxylic acids is 2. The molecule has 7 heteroatoms. The first kappa shape index (κ1) is 18.2. The molecule has 1 rings (SSSR count). The predicted octanol–water partition coefficient (Wildman–Crippen LogP) is 0.584. The van der Waals surface area contributed by atoms with Crippen LogP contribution in [0.1, 0.15) is 27.9 Å². The van der Waals surface area contributed by atoms with Crippen molar-refractivity contribution in [1.82, 2.24) is 10.6 Å². The Bertz CT molecular complexity index is 654. The maximum atomic E-state index is 11.9. The van der Waals surface area contributed by atoms with Gasteiger partial charge in [0.25, 0.3) is 5.91 Å². The second-order valence-electron chi connectivity index (χ2n) is 5.32. The zero-order valence-electron chi connectivity index (χ0n) is 13.1. The number of hydrogen-bond donors (Lipinski definition) is 2. The topological polar surface area (TPSA) is 92.3 Å². The Morgan fingerprint density at radius 2 is 1.77 bits per heavy atom. The van der Waals surface area contributed by atoms with Crippen molar-refractivity contribution in [2.75, 3.05) is 25.1 Å². The first-order valence-electron chi connectivity index (χ1n) is 6.99. The molecule has 0 bridgehead atoms. The van der Waals surface area contributed by atoms with Crippen molar-refractivity contribution >= 4 is 21.7 Å². The SMILES string of the molecule is Cc1ccc(C(=O)NCC(=O)NCCCS(C)(=O)=O)cc1C. The van der Waals surface area contributed by atoms with E-state index in [1.54, 1.807) is 12.1 Å². The van der Waals surface area contributed by atoms with E-state index in [1.807, 2.05) is 19.9 Å². The Kier molecular flexibility index (Phi) is 6.55. The second kappa shape index (κ2) is 7.93. The summed E-state index contributed by atoms with van der Waals surface area (Å²) in [6.07, 6.45) is 1.51. The zero-order valence-corrected chi connectivity index (χ0v) is 13.9. The molecule has 22 heavy (non-hydrogen) atoms. The van der Waals surface area contributed by atoms with Gasteiger partial charge in [-0.15, -0.1) is 0 Å². The molecule has 0 aliphatic heterocycles. The smallest absolute Gasteiger partial charge is 0.251 e. The number of carbonyl (C=O) groups is 2. The van der Waals surface area contributed by atoms with E-state index in [0.29, 0.717) is 12.0 Å². The van der Waals surface area contributed by atoms with E-state index in [4.69, 9.17) is 0 Å². The Hall–Kier alpha value is -1.89. The third kappa shape index (κ3) is 6.71. The highest BCUT2D eigenvalue weighted by Crippen LogP contribution is 2.09. The first-order valence-corrected chi connectivity index (χ1v) is 9.05. The van der Waals surface area contributed by atoms with Gasteiger partial charge < -0.3 is 10.6 Å². The summed E-state index contributed by atoms with van der Waals surface area (Å²) in [6.45, 7) is 4.01. The molecule has 122 valence electrons. The van der Waals surface area contributed by atoms with E-state index in [1.165, 1.54) is 0 Å². The van der Waals surface area contributed by atoms with Crippen molar-refractivity contribution in [3.8, 4) is 0 Å². The minimum atomic E-state index is -3.01. The minimum Gasteiger partial charge on any atom is -0.355 e. The van der Waals surface area contributed by atoms with Crippen LogP contribution in [0.3, 0.4) is 0 Å². The molecule has 0 fully saturated rings. The summed E-state index contributed by atoms with van der Waals surface area (Å²) in [5, 5.41) is 5.10. The molecule has 0 heterocycles. The molecular formula is C15H22N2O4S. The van der Waals surface area contributed by atoms with Gasteiger partial charge in [-0.2, -0.15) is 0 Å². The number of sulfone groups is 1. The average Bonchev–Trinajstić information content (AvgIpc) is 2.43. The summed E-state index contributed by atoms with van der Waals surface area (Å²) in [5.74, 6) is -0.623. The van der Waals surface area contributed by atoms with Crippen molar-refractivity contribution in [2.45, 2.75) is 20.3 Å². The van der Waals surface area contributed by atoms with E-state index in [2.05, 4.69) is 10.6 Å². The number of nitrogens with one attached hydrogen (secondary N) is 2. The third-order valence-electron chi connectivity index (χ3n) is 3.19. The fourth-order valence-electron chi connectivity index (χ4n) is 1.77. The molecule has 6 nitrogen and oxygen atoms in total. The molecule has 2 N–H and O–H groups in total. The van der Waals surface area contributed by atoms with Crippen LogP contribution in [-0.2, 0) is 14.6 Å². The minimum absolute atomic E-state index is 0.0300. The normalized spacial score (nSPS) is 11.0. The molecule has 0 radical (unpaired) electrons. The molecule has 0 saturated carbocycles. The molecule has 2 amide bonds. The standard InChI is InChI=1S/C15H22N2O4S/c1-11-5-6-13(9-12(11)2)15(19)17-10-14(18)16-7-4-8-22(3,20)21/h5-6,9H,4,7-8,10H2,1-3H3,(H,16,18)(H,17,19). The Morgan fingerprint density at radius 1 is 1.09 bits per heavy atom. The number of hydrogen-bond acceptors (Lipinski definition) is 4. The van der Waals surface area contributed by atoms with Crippen LogP contribution in [0.5, 0.6) is 0 Å². The van der Waals surface area contributed by atoms with Crippen molar-refractivity contribution < 1.29 is 18.0 Å². The molecule has 0 aromatic heterocycles. The van der Waals surface area contributed by atoms with Crippen LogP contribution in [0.15, 0.2) is 18.2 Å². The van der Waals surface area contributed by atoms with E-state index in [0.717, 1.165) is 17.4 Å². The van der Waals surface area contributed by atoms with Crippen LogP contribution >= 0.6 is 0 Å². The molecule has 1 aromatic carbocycles. The van der Waals surface area contributed by atoms with E-state index < -0.39 is 9.84 Å². The predicted molar refractivity (Wildman–Crippen MR) is 85.6 cm³/mol. The van der Waals surface area contributed by atoms with Crippen molar-refractivity contribution in [3.05, 3.63) is 34.9 Å². The fourth-order valence-corrected chi connectivity index (χ4v) is 2.44. The number of amides is 2. The lowest BCUT2D eigenvalue weighted by Gasteiger charge is -2.08. The second-order valence-corrected chi connectivity index (χ2v) is 7.57. The molecule has 0 aliphatic rings. The van der Waals surface area contributed by atoms with Crippen LogP contribution < -0.4 is 10.6 Å². The maximum Gasteiger partial charge on any atom is 0.251 e. The highest BCUT2D eigenvalue weighted by Gasteiger charge is 2.09. The lowest BCUT2D eigenvalue weighted by molar-refractivity contribution is -0.120. The summed E-state index contributed by atoms with van der Waals surface area (Å²) in [4.78, 5) is 23.5. The van der Waals surface area contributed by atoms with Gasteiger partial charge in [0.2, 0.25) is 5.91 Å². The molecule has 1 aromatic rings. The highest BCUT2D eigenvalue weighted by molar-refractivity contribution is 7.90. The van der Waals surface area contributed by atoms with Crippen LogP contribution in [0.4, 0.5) is 0 Å². The molecule has 0 saturated heterocycles. The van der Waals surface area contributed by atoms with Gasteiger partial charge in [0.1, 0.15) is 9.84 Å².